The molecule has 0 aliphatic rings. The fourth-order valence-corrected chi connectivity index (χ4v) is 1.33. The van der Waals surface area contributed by atoms with Gasteiger partial charge >= 0.3 is 5.97 Å². The Kier molecular flexibility index (Phi) is 2.29. The van der Waals surface area contributed by atoms with E-state index in [0.717, 1.165) is 0 Å². The van der Waals surface area contributed by atoms with Crippen LogP contribution in [-0.4, -0.2) is 20.9 Å². The van der Waals surface area contributed by atoms with Crippen LogP contribution >= 0.6 is 0 Å². The van der Waals surface area contributed by atoms with Gasteiger partial charge in [-0.2, -0.15) is 5.10 Å². The van der Waals surface area contributed by atoms with Gasteiger partial charge in [-0.1, -0.05) is 0 Å². The summed E-state index contributed by atoms with van der Waals surface area (Å²) in [5, 5.41) is 12.8. The molecule has 0 aliphatic heterocycles. The van der Waals surface area contributed by atoms with Gasteiger partial charge in [0, 0.05) is 12.4 Å². The number of aromatic carboxylic acids is 1. The smallest absolute Gasteiger partial charge is 0.371 e. The Morgan fingerprint density at radius 1 is 1.60 bits per heavy atom. The van der Waals surface area contributed by atoms with Gasteiger partial charge in [-0.3, -0.25) is 4.68 Å². The molecule has 0 aromatic carbocycles. The number of nitrogens with zero attached hydrogens (tertiary/aromatic N) is 2. The average Bonchev–Trinajstić information content (AvgIpc) is 2.88. The first-order valence-corrected chi connectivity index (χ1v) is 4.50. The summed E-state index contributed by atoms with van der Waals surface area (Å²) in [6.45, 7) is 1.89. The van der Waals surface area contributed by atoms with E-state index in [-0.39, 0.29) is 11.8 Å². The Hall–Kier alpha value is -2.04. The monoisotopic (exact) mass is 206 g/mol. The molecule has 1 atom stereocenters. The molecule has 0 saturated carbocycles. The molecular weight excluding hydrogens is 196 g/mol. The van der Waals surface area contributed by atoms with E-state index < -0.39 is 5.97 Å². The molecule has 0 amide bonds. The summed E-state index contributed by atoms with van der Waals surface area (Å²) in [7, 11) is 0. The van der Waals surface area contributed by atoms with E-state index in [1.807, 2.05) is 6.92 Å². The Labute approximate surface area is 85.9 Å². The molecule has 5 nitrogen and oxygen atoms in total. The van der Waals surface area contributed by atoms with Crippen LogP contribution in [0.3, 0.4) is 0 Å². The molecule has 0 aliphatic carbocycles. The molecule has 0 spiro atoms. The summed E-state index contributed by atoms with van der Waals surface area (Å²) in [5.74, 6) is -0.533. The predicted octanol–water partition coefficient (Wildman–Crippen LogP) is 1.78. The standard InChI is InChI=1S/C10H10N2O3/c1-7(12-6-2-5-11-12)8-3-4-9(15-8)10(13)14/h2-7H,1H3,(H,13,14)/t7-/m0/s1. The van der Waals surface area contributed by atoms with Crippen molar-refractivity contribution < 1.29 is 14.3 Å². The summed E-state index contributed by atoms with van der Waals surface area (Å²) in [4.78, 5) is 10.6. The van der Waals surface area contributed by atoms with E-state index in [1.165, 1.54) is 6.07 Å². The maximum Gasteiger partial charge on any atom is 0.371 e. The third-order valence-corrected chi connectivity index (χ3v) is 2.17. The minimum absolute atomic E-state index is 0.0518. The minimum Gasteiger partial charge on any atom is -0.475 e. The summed E-state index contributed by atoms with van der Waals surface area (Å²) >= 11 is 0. The SMILES string of the molecule is C[C@@H](c1ccc(C(=O)O)o1)n1cccn1. The minimum atomic E-state index is -1.06. The Balaban J connectivity index is 2.26. The van der Waals surface area contributed by atoms with E-state index in [0.29, 0.717) is 5.76 Å². The first-order chi connectivity index (χ1) is 7.18. The van der Waals surface area contributed by atoms with Crippen molar-refractivity contribution in [3.05, 3.63) is 42.1 Å². The number of rotatable bonds is 3. The van der Waals surface area contributed by atoms with Gasteiger partial charge < -0.3 is 9.52 Å². The van der Waals surface area contributed by atoms with Crippen LogP contribution in [0.1, 0.15) is 29.3 Å². The maximum atomic E-state index is 10.6. The summed E-state index contributed by atoms with van der Waals surface area (Å²) < 4.78 is 6.87. The van der Waals surface area contributed by atoms with Crippen molar-refractivity contribution in [2.24, 2.45) is 0 Å². The summed E-state index contributed by atoms with van der Waals surface area (Å²) in [6, 6.07) is 4.79. The molecule has 5 heteroatoms. The number of hydrogen-bond acceptors (Lipinski definition) is 3. The summed E-state index contributed by atoms with van der Waals surface area (Å²) in [6.07, 6.45) is 3.46. The number of carboxylic acids is 1. The molecule has 2 heterocycles. The van der Waals surface area contributed by atoms with E-state index in [1.54, 1.807) is 29.2 Å². The van der Waals surface area contributed by atoms with Crippen LogP contribution in [0.4, 0.5) is 0 Å². The Bertz CT molecular complexity index is 459. The van der Waals surface area contributed by atoms with E-state index >= 15 is 0 Å². The van der Waals surface area contributed by atoms with Gasteiger partial charge in [0.05, 0.1) is 0 Å². The van der Waals surface area contributed by atoms with Crippen LogP contribution in [0, 0.1) is 0 Å². The second kappa shape index (κ2) is 3.61. The highest BCUT2D eigenvalue weighted by Crippen LogP contribution is 2.19. The van der Waals surface area contributed by atoms with Gasteiger partial charge in [0.1, 0.15) is 11.8 Å². The number of aromatic nitrogens is 2. The van der Waals surface area contributed by atoms with Crippen molar-refractivity contribution in [2.45, 2.75) is 13.0 Å². The van der Waals surface area contributed by atoms with Crippen LogP contribution in [-0.2, 0) is 0 Å². The number of hydrogen-bond donors (Lipinski definition) is 1. The van der Waals surface area contributed by atoms with Crippen molar-refractivity contribution in [3.8, 4) is 0 Å². The van der Waals surface area contributed by atoms with Crippen molar-refractivity contribution in [2.75, 3.05) is 0 Å². The molecule has 78 valence electrons. The normalized spacial score (nSPS) is 12.6. The lowest BCUT2D eigenvalue weighted by molar-refractivity contribution is 0.0659. The van der Waals surface area contributed by atoms with Crippen LogP contribution < -0.4 is 0 Å². The lowest BCUT2D eigenvalue weighted by Gasteiger charge is -2.08. The molecular formula is C10H10N2O3. The fraction of sp³-hybridized carbons (Fsp3) is 0.200. The number of carbonyl (C=O) groups is 1. The summed E-state index contributed by atoms with van der Waals surface area (Å²) in [5.41, 5.74) is 0. The fourth-order valence-electron chi connectivity index (χ4n) is 1.33. The number of carboxylic acid groups (broad SMARTS) is 1. The van der Waals surface area contributed by atoms with Gasteiger partial charge in [-0.05, 0) is 25.1 Å². The van der Waals surface area contributed by atoms with Crippen molar-refractivity contribution in [1.29, 1.82) is 0 Å². The predicted molar refractivity (Wildman–Crippen MR) is 51.7 cm³/mol. The Morgan fingerprint density at radius 2 is 2.40 bits per heavy atom. The Morgan fingerprint density at radius 3 is 2.93 bits per heavy atom. The quantitative estimate of drug-likeness (QED) is 0.831. The van der Waals surface area contributed by atoms with Gasteiger partial charge in [0.2, 0.25) is 5.76 Å². The lowest BCUT2D eigenvalue weighted by Crippen LogP contribution is -2.05. The van der Waals surface area contributed by atoms with E-state index in [2.05, 4.69) is 5.10 Å². The number of furan rings is 1. The largest absolute Gasteiger partial charge is 0.475 e. The van der Waals surface area contributed by atoms with Crippen LogP contribution in [0.2, 0.25) is 0 Å². The van der Waals surface area contributed by atoms with Crippen LogP contribution in [0.15, 0.2) is 35.0 Å². The van der Waals surface area contributed by atoms with Gasteiger partial charge in [-0.15, -0.1) is 0 Å². The van der Waals surface area contributed by atoms with Crippen molar-refractivity contribution >= 4 is 5.97 Å². The highest BCUT2D eigenvalue weighted by Gasteiger charge is 2.15. The zero-order chi connectivity index (χ0) is 10.8. The molecule has 2 aromatic heterocycles. The molecule has 0 bridgehead atoms. The molecule has 15 heavy (non-hydrogen) atoms. The second-order valence-electron chi connectivity index (χ2n) is 3.17. The zero-order valence-corrected chi connectivity index (χ0v) is 8.12. The van der Waals surface area contributed by atoms with Crippen molar-refractivity contribution in [3.63, 3.8) is 0 Å². The highest BCUT2D eigenvalue weighted by atomic mass is 16.4. The third kappa shape index (κ3) is 1.76. The van der Waals surface area contributed by atoms with Crippen molar-refractivity contribution in [1.82, 2.24) is 9.78 Å². The molecule has 2 aromatic rings. The average molecular weight is 206 g/mol. The topological polar surface area (TPSA) is 68.3 Å². The van der Waals surface area contributed by atoms with Crippen LogP contribution in [0.25, 0.3) is 0 Å². The zero-order valence-electron chi connectivity index (χ0n) is 8.12. The highest BCUT2D eigenvalue weighted by molar-refractivity contribution is 5.84. The molecule has 0 radical (unpaired) electrons. The van der Waals surface area contributed by atoms with E-state index in [9.17, 15) is 4.79 Å². The first-order valence-electron chi connectivity index (χ1n) is 4.50. The van der Waals surface area contributed by atoms with Gasteiger partial charge in [-0.25, -0.2) is 4.79 Å². The van der Waals surface area contributed by atoms with Gasteiger partial charge in [0.25, 0.3) is 0 Å². The van der Waals surface area contributed by atoms with Crippen LogP contribution in [0.5, 0.6) is 0 Å². The van der Waals surface area contributed by atoms with E-state index in [4.69, 9.17) is 9.52 Å². The molecule has 1 N–H and O–H groups in total. The lowest BCUT2D eigenvalue weighted by atomic mass is 10.2. The second-order valence-corrected chi connectivity index (χ2v) is 3.17. The molecule has 2 rings (SSSR count). The molecule has 0 fully saturated rings. The molecule has 0 unspecified atom stereocenters. The maximum absolute atomic E-state index is 10.6. The third-order valence-electron chi connectivity index (χ3n) is 2.17. The molecule has 0 saturated heterocycles. The van der Waals surface area contributed by atoms with Gasteiger partial charge in [0.15, 0.2) is 0 Å². The first kappa shape index (κ1) is 9.51.